The molecule has 9 nitrogen and oxygen atoms in total. The Morgan fingerprint density at radius 1 is 1.09 bits per heavy atom. The van der Waals surface area contributed by atoms with E-state index in [1.54, 1.807) is 4.90 Å². The third-order valence-electron chi connectivity index (χ3n) is 5.22. The number of piperidine rings is 1. The van der Waals surface area contributed by atoms with Crippen LogP contribution in [0.4, 0.5) is 11.4 Å². The normalized spacial score (nSPS) is 15.1. The Kier molecular flexibility index (Phi) is 7.83. The second-order valence-electron chi connectivity index (χ2n) is 7.94. The van der Waals surface area contributed by atoms with Crippen molar-refractivity contribution in [2.45, 2.75) is 50.6 Å². The number of nitrogens with one attached hydrogen (secondary N) is 3. The van der Waals surface area contributed by atoms with Gasteiger partial charge in [-0.15, -0.1) is 0 Å². The lowest BCUT2D eigenvalue weighted by Crippen LogP contribution is -2.44. The highest BCUT2D eigenvalue weighted by Crippen LogP contribution is 2.22. The molecule has 0 bridgehead atoms. The Balaban J connectivity index is 1.57. The predicted octanol–water partition coefficient (Wildman–Crippen LogP) is 2.15. The smallest absolute Gasteiger partial charge is 0.241 e. The van der Waals surface area contributed by atoms with Crippen LogP contribution in [0.15, 0.2) is 53.4 Å². The lowest BCUT2D eigenvalue weighted by atomic mass is 10.1. The van der Waals surface area contributed by atoms with Crippen LogP contribution in [0.5, 0.6) is 0 Å². The van der Waals surface area contributed by atoms with Crippen molar-refractivity contribution in [3.63, 3.8) is 0 Å². The molecule has 0 saturated carbocycles. The summed E-state index contributed by atoms with van der Waals surface area (Å²) in [5.41, 5.74) is 2.08. The Labute approximate surface area is 193 Å². The molecule has 3 rings (SSSR count). The van der Waals surface area contributed by atoms with Gasteiger partial charge < -0.3 is 15.5 Å². The molecule has 1 aliphatic rings. The van der Waals surface area contributed by atoms with Gasteiger partial charge in [-0.05, 0) is 61.7 Å². The van der Waals surface area contributed by atoms with Gasteiger partial charge in [0.05, 0.1) is 10.9 Å². The van der Waals surface area contributed by atoms with E-state index in [4.69, 9.17) is 0 Å². The molecule has 2 aromatic carbocycles. The minimum absolute atomic E-state index is 0.0184. The SMILES string of the molecule is CC(=O)Nc1ccc(S(=O)(=O)N[C@@H](C)C(=O)NCc2cccc(N3CCCCC3=O)c2)cc1. The second kappa shape index (κ2) is 10.6. The number of nitrogens with zero attached hydrogens (tertiary/aromatic N) is 1. The quantitative estimate of drug-likeness (QED) is 0.543. The minimum atomic E-state index is -3.93. The maximum Gasteiger partial charge on any atom is 0.241 e. The van der Waals surface area contributed by atoms with E-state index >= 15 is 0 Å². The first-order chi connectivity index (χ1) is 15.7. The number of sulfonamides is 1. The Bertz CT molecular complexity index is 1130. The van der Waals surface area contributed by atoms with Crippen molar-refractivity contribution in [2.24, 2.45) is 0 Å². The number of carbonyl (C=O) groups is 3. The van der Waals surface area contributed by atoms with E-state index < -0.39 is 22.0 Å². The highest BCUT2D eigenvalue weighted by molar-refractivity contribution is 7.89. The summed E-state index contributed by atoms with van der Waals surface area (Å²) in [4.78, 5) is 37.5. The number of hydrogen-bond donors (Lipinski definition) is 3. The van der Waals surface area contributed by atoms with Gasteiger partial charge in [0.15, 0.2) is 0 Å². The van der Waals surface area contributed by atoms with Crippen molar-refractivity contribution in [2.75, 3.05) is 16.8 Å². The average molecular weight is 473 g/mol. The number of carbonyl (C=O) groups excluding carboxylic acids is 3. The molecule has 0 aromatic heterocycles. The van der Waals surface area contributed by atoms with Crippen LogP contribution in [0.3, 0.4) is 0 Å². The van der Waals surface area contributed by atoms with Crippen LogP contribution >= 0.6 is 0 Å². The van der Waals surface area contributed by atoms with E-state index in [9.17, 15) is 22.8 Å². The Morgan fingerprint density at radius 3 is 2.48 bits per heavy atom. The van der Waals surface area contributed by atoms with Crippen LogP contribution in [-0.2, 0) is 31.0 Å². The Morgan fingerprint density at radius 2 is 1.82 bits per heavy atom. The zero-order valence-corrected chi connectivity index (χ0v) is 19.4. The molecule has 1 atom stereocenters. The maximum absolute atomic E-state index is 12.6. The maximum atomic E-state index is 12.6. The first-order valence-electron chi connectivity index (χ1n) is 10.7. The molecule has 2 aromatic rings. The van der Waals surface area contributed by atoms with Gasteiger partial charge >= 0.3 is 0 Å². The summed E-state index contributed by atoms with van der Waals surface area (Å²) in [6.07, 6.45) is 2.40. The third kappa shape index (κ3) is 6.62. The van der Waals surface area contributed by atoms with Crippen LogP contribution in [0.1, 0.15) is 38.7 Å². The molecule has 1 fully saturated rings. The van der Waals surface area contributed by atoms with Crippen LogP contribution < -0.4 is 20.3 Å². The summed E-state index contributed by atoms with van der Waals surface area (Å²) >= 11 is 0. The zero-order valence-electron chi connectivity index (χ0n) is 18.6. The van der Waals surface area contributed by atoms with Gasteiger partial charge in [0.25, 0.3) is 0 Å². The van der Waals surface area contributed by atoms with E-state index in [-0.39, 0.29) is 23.3 Å². The molecule has 1 saturated heterocycles. The molecule has 1 heterocycles. The molecule has 176 valence electrons. The van der Waals surface area contributed by atoms with E-state index in [1.807, 2.05) is 24.3 Å². The standard InChI is InChI=1S/C23H28N4O5S/c1-16(26-33(31,32)21-11-9-19(10-12-21)25-17(2)28)23(30)24-15-18-6-5-7-20(14-18)27-13-4-3-8-22(27)29/h5-7,9-12,14,16,26H,3-4,8,13,15H2,1-2H3,(H,24,30)(H,25,28)/t16-/m0/s1. The molecule has 3 N–H and O–H groups in total. The van der Waals surface area contributed by atoms with Crippen molar-refractivity contribution in [1.82, 2.24) is 10.0 Å². The minimum Gasteiger partial charge on any atom is -0.351 e. The lowest BCUT2D eigenvalue weighted by Gasteiger charge is -2.27. The highest BCUT2D eigenvalue weighted by atomic mass is 32.2. The van der Waals surface area contributed by atoms with Gasteiger partial charge in [0.1, 0.15) is 0 Å². The summed E-state index contributed by atoms with van der Waals surface area (Å²) in [6.45, 7) is 3.70. The number of benzene rings is 2. The molecular formula is C23H28N4O5S. The molecular weight excluding hydrogens is 444 g/mol. The first kappa shape index (κ1) is 24.4. The van der Waals surface area contributed by atoms with Gasteiger partial charge in [-0.2, -0.15) is 4.72 Å². The topological polar surface area (TPSA) is 125 Å². The van der Waals surface area contributed by atoms with Crippen LogP contribution in [-0.4, -0.2) is 38.7 Å². The van der Waals surface area contributed by atoms with Crippen LogP contribution in [0.25, 0.3) is 0 Å². The van der Waals surface area contributed by atoms with Crippen molar-refractivity contribution in [3.05, 3.63) is 54.1 Å². The molecule has 0 aliphatic carbocycles. The predicted molar refractivity (Wildman–Crippen MR) is 125 cm³/mol. The van der Waals surface area contributed by atoms with Crippen LogP contribution in [0, 0.1) is 0 Å². The first-order valence-corrected chi connectivity index (χ1v) is 12.2. The van der Waals surface area contributed by atoms with Gasteiger partial charge in [-0.1, -0.05) is 12.1 Å². The summed E-state index contributed by atoms with van der Waals surface area (Å²) in [6, 6.07) is 12.0. The fourth-order valence-corrected chi connectivity index (χ4v) is 4.73. The second-order valence-corrected chi connectivity index (χ2v) is 9.65. The van der Waals surface area contributed by atoms with Gasteiger partial charge in [0, 0.05) is 37.8 Å². The molecule has 10 heteroatoms. The lowest BCUT2D eigenvalue weighted by molar-refractivity contribution is -0.122. The summed E-state index contributed by atoms with van der Waals surface area (Å²) < 4.78 is 27.5. The van der Waals surface area contributed by atoms with E-state index in [0.717, 1.165) is 24.1 Å². The van der Waals surface area contributed by atoms with Gasteiger partial charge in [-0.3, -0.25) is 14.4 Å². The monoisotopic (exact) mass is 472 g/mol. The van der Waals surface area contributed by atoms with Crippen molar-refractivity contribution in [1.29, 1.82) is 0 Å². The summed E-state index contributed by atoms with van der Waals surface area (Å²) in [7, 11) is -3.93. The molecule has 0 spiro atoms. The van der Waals surface area contributed by atoms with Crippen molar-refractivity contribution >= 4 is 39.1 Å². The van der Waals surface area contributed by atoms with E-state index in [2.05, 4.69) is 15.4 Å². The summed E-state index contributed by atoms with van der Waals surface area (Å²) in [5, 5.41) is 5.29. The van der Waals surface area contributed by atoms with Crippen molar-refractivity contribution < 1.29 is 22.8 Å². The Hall–Kier alpha value is -3.24. The molecule has 1 aliphatic heterocycles. The van der Waals surface area contributed by atoms with Gasteiger partial charge in [-0.25, -0.2) is 8.42 Å². The molecule has 0 radical (unpaired) electrons. The highest BCUT2D eigenvalue weighted by Gasteiger charge is 2.23. The number of rotatable bonds is 8. The number of amides is 3. The number of hydrogen-bond acceptors (Lipinski definition) is 5. The largest absolute Gasteiger partial charge is 0.351 e. The van der Waals surface area contributed by atoms with Crippen LogP contribution in [0.2, 0.25) is 0 Å². The molecule has 0 unspecified atom stereocenters. The number of anilines is 2. The fourth-order valence-electron chi connectivity index (χ4n) is 3.53. The van der Waals surface area contributed by atoms with E-state index in [0.29, 0.717) is 18.7 Å². The average Bonchev–Trinajstić information content (AvgIpc) is 2.77. The summed E-state index contributed by atoms with van der Waals surface area (Å²) in [5.74, 6) is -0.648. The molecule has 33 heavy (non-hydrogen) atoms. The zero-order chi connectivity index (χ0) is 24.0. The van der Waals surface area contributed by atoms with Gasteiger partial charge in [0.2, 0.25) is 27.7 Å². The molecule has 3 amide bonds. The fraction of sp³-hybridized carbons (Fsp3) is 0.348. The van der Waals surface area contributed by atoms with E-state index in [1.165, 1.54) is 38.1 Å². The van der Waals surface area contributed by atoms with Crippen molar-refractivity contribution in [3.8, 4) is 0 Å². The third-order valence-corrected chi connectivity index (χ3v) is 6.78.